The van der Waals surface area contributed by atoms with Crippen LogP contribution in [0.1, 0.15) is 10.8 Å². The second-order valence-corrected chi connectivity index (χ2v) is 8.58. The van der Waals surface area contributed by atoms with Crippen LogP contribution in [-0.2, 0) is 6.54 Å². The van der Waals surface area contributed by atoms with Gasteiger partial charge in [-0.3, -0.25) is 9.36 Å². The molecule has 0 spiro atoms. The molecule has 0 bridgehead atoms. The highest BCUT2D eigenvalue weighted by Crippen LogP contribution is 2.34. The van der Waals surface area contributed by atoms with E-state index in [1.54, 1.807) is 23.5 Å². The van der Waals surface area contributed by atoms with Gasteiger partial charge in [0, 0.05) is 26.3 Å². The molecule has 0 unspecified atom stereocenters. The standard InChI is InChI=1S/C20H13FN4O2S2/c1-11-2-7-15(29-11)14-9-28-19-17(14)20(26)25(10-22-19)8-16-23-18(24-27-16)12-3-5-13(21)6-4-12/h2-7,9-10H,8H2,1H3. The summed E-state index contributed by atoms with van der Waals surface area (Å²) in [4.78, 5) is 24.8. The van der Waals surface area contributed by atoms with Crippen molar-refractivity contribution in [3.63, 3.8) is 0 Å². The highest BCUT2D eigenvalue weighted by atomic mass is 32.1. The van der Waals surface area contributed by atoms with E-state index in [1.165, 1.54) is 39.2 Å². The minimum absolute atomic E-state index is 0.106. The number of thiophene rings is 2. The number of benzene rings is 1. The summed E-state index contributed by atoms with van der Waals surface area (Å²) in [5, 5.41) is 6.48. The summed E-state index contributed by atoms with van der Waals surface area (Å²) in [6.07, 6.45) is 1.49. The molecule has 0 atom stereocenters. The Morgan fingerprint density at radius 3 is 2.76 bits per heavy atom. The number of hydrogen-bond donors (Lipinski definition) is 0. The molecular weight excluding hydrogens is 411 g/mol. The molecule has 0 aliphatic carbocycles. The predicted octanol–water partition coefficient (Wildman–Crippen LogP) is 4.73. The molecule has 6 nitrogen and oxygen atoms in total. The van der Waals surface area contributed by atoms with Gasteiger partial charge < -0.3 is 4.52 Å². The fraction of sp³-hybridized carbons (Fsp3) is 0.100. The van der Waals surface area contributed by atoms with Crippen LogP contribution in [0.2, 0.25) is 0 Å². The number of nitrogens with zero attached hydrogens (tertiary/aromatic N) is 4. The highest BCUT2D eigenvalue weighted by Gasteiger charge is 2.16. The van der Waals surface area contributed by atoms with Gasteiger partial charge >= 0.3 is 0 Å². The Morgan fingerprint density at radius 2 is 2.00 bits per heavy atom. The van der Waals surface area contributed by atoms with Crippen molar-refractivity contribution in [2.75, 3.05) is 0 Å². The van der Waals surface area contributed by atoms with Crippen LogP contribution in [0.5, 0.6) is 0 Å². The van der Waals surface area contributed by atoms with Gasteiger partial charge in [0.15, 0.2) is 0 Å². The van der Waals surface area contributed by atoms with Crippen LogP contribution < -0.4 is 5.56 Å². The predicted molar refractivity (Wildman–Crippen MR) is 111 cm³/mol. The van der Waals surface area contributed by atoms with E-state index in [0.29, 0.717) is 21.6 Å². The molecule has 0 aliphatic rings. The molecule has 0 aliphatic heterocycles. The molecule has 0 N–H and O–H groups in total. The third-order valence-electron chi connectivity index (χ3n) is 4.44. The molecule has 29 heavy (non-hydrogen) atoms. The van der Waals surface area contributed by atoms with Gasteiger partial charge in [0.25, 0.3) is 5.56 Å². The van der Waals surface area contributed by atoms with E-state index in [2.05, 4.69) is 15.1 Å². The van der Waals surface area contributed by atoms with Gasteiger partial charge in [-0.25, -0.2) is 9.37 Å². The van der Waals surface area contributed by atoms with Gasteiger partial charge in [-0.1, -0.05) is 5.16 Å². The first kappa shape index (κ1) is 17.9. The second-order valence-electron chi connectivity index (χ2n) is 6.44. The fourth-order valence-corrected chi connectivity index (χ4v) is 4.88. The summed E-state index contributed by atoms with van der Waals surface area (Å²) in [6, 6.07) is 9.87. The molecule has 9 heteroatoms. The van der Waals surface area contributed by atoms with Gasteiger partial charge in [-0.05, 0) is 43.3 Å². The molecule has 0 fully saturated rings. The van der Waals surface area contributed by atoms with Gasteiger partial charge in [0.1, 0.15) is 17.2 Å². The van der Waals surface area contributed by atoms with Crippen LogP contribution in [0.4, 0.5) is 4.39 Å². The summed E-state index contributed by atoms with van der Waals surface area (Å²) < 4.78 is 19.8. The largest absolute Gasteiger partial charge is 0.337 e. The summed E-state index contributed by atoms with van der Waals surface area (Å²) in [7, 11) is 0. The number of halogens is 1. The number of fused-ring (bicyclic) bond motifs is 1. The second kappa shape index (κ2) is 7.02. The Bertz CT molecular complexity index is 1380. The maximum Gasteiger partial charge on any atom is 0.263 e. The van der Waals surface area contributed by atoms with E-state index < -0.39 is 0 Å². The van der Waals surface area contributed by atoms with Crippen LogP contribution in [0, 0.1) is 12.7 Å². The summed E-state index contributed by atoms with van der Waals surface area (Å²) in [5.41, 5.74) is 1.38. The summed E-state index contributed by atoms with van der Waals surface area (Å²) in [6.45, 7) is 2.14. The third-order valence-corrected chi connectivity index (χ3v) is 6.36. The Balaban J connectivity index is 1.51. The van der Waals surface area contributed by atoms with Crippen LogP contribution in [0.15, 0.2) is 57.4 Å². The average molecular weight is 424 g/mol. The minimum Gasteiger partial charge on any atom is -0.337 e. The topological polar surface area (TPSA) is 73.8 Å². The first-order valence-electron chi connectivity index (χ1n) is 8.70. The van der Waals surface area contributed by atoms with E-state index in [4.69, 9.17) is 4.52 Å². The zero-order chi connectivity index (χ0) is 20.0. The molecule has 4 heterocycles. The SMILES string of the molecule is Cc1ccc(-c2csc3ncn(Cc4nc(-c5ccc(F)cc5)no4)c(=O)c23)s1. The van der Waals surface area contributed by atoms with Crippen molar-refractivity contribution in [2.24, 2.45) is 0 Å². The van der Waals surface area contributed by atoms with E-state index in [1.807, 2.05) is 24.4 Å². The Hall–Kier alpha value is -3.17. The molecule has 0 saturated heterocycles. The maximum absolute atomic E-state index is 13.1. The molecule has 5 aromatic rings. The number of aryl methyl sites for hydroxylation is 1. The number of hydrogen-bond acceptors (Lipinski definition) is 7. The van der Waals surface area contributed by atoms with Gasteiger partial charge in [0.05, 0.1) is 11.7 Å². The molecule has 1 aromatic carbocycles. The Labute approximate surface area is 171 Å². The number of rotatable bonds is 4. The summed E-state index contributed by atoms with van der Waals surface area (Å²) >= 11 is 3.09. The summed E-state index contributed by atoms with van der Waals surface area (Å²) in [5.74, 6) is 0.277. The van der Waals surface area contributed by atoms with E-state index in [0.717, 1.165) is 10.4 Å². The molecule has 4 aromatic heterocycles. The molecule has 0 saturated carbocycles. The lowest BCUT2D eigenvalue weighted by Crippen LogP contribution is -2.21. The fourth-order valence-electron chi connectivity index (χ4n) is 3.02. The van der Waals surface area contributed by atoms with Gasteiger partial charge in [-0.2, -0.15) is 4.98 Å². The smallest absolute Gasteiger partial charge is 0.263 e. The first-order chi connectivity index (χ1) is 14.1. The van der Waals surface area contributed by atoms with Gasteiger partial charge in [-0.15, -0.1) is 22.7 Å². The lowest BCUT2D eigenvalue weighted by Gasteiger charge is -2.02. The third kappa shape index (κ3) is 3.28. The molecular formula is C20H13FN4O2S2. The maximum atomic E-state index is 13.1. The van der Waals surface area contributed by atoms with Crippen molar-refractivity contribution in [2.45, 2.75) is 13.5 Å². The van der Waals surface area contributed by atoms with Crippen LogP contribution in [0.3, 0.4) is 0 Å². The lowest BCUT2D eigenvalue weighted by molar-refractivity contribution is 0.369. The normalized spacial score (nSPS) is 11.4. The molecule has 0 radical (unpaired) electrons. The van der Waals surface area contributed by atoms with Crippen molar-refractivity contribution in [1.29, 1.82) is 0 Å². The van der Waals surface area contributed by atoms with Crippen molar-refractivity contribution >= 4 is 32.9 Å². The zero-order valence-corrected chi connectivity index (χ0v) is 16.8. The average Bonchev–Trinajstić information content (AvgIpc) is 3.44. The van der Waals surface area contributed by atoms with Crippen LogP contribution >= 0.6 is 22.7 Å². The Kier molecular flexibility index (Phi) is 4.33. The number of aromatic nitrogens is 4. The molecule has 0 amide bonds. The Morgan fingerprint density at radius 1 is 1.17 bits per heavy atom. The zero-order valence-electron chi connectivity index (χ0n) is 15.1. The van der Waals surface area contributed by atoms with Gasteiger partial charge in [0.2, 0.25) is 11.7 Å². The highest BCUT2D eigenvalue weighted by molar-refractivity contribution is 7.19. The lowest BCUT2D eigenvalue weighted by atomic mass is 10.2. The quantitative estimate of drug-likeness (QED) is 0.417. The monoisotopic (exact) mass is 424 g/mol. The van der Waals surface area contributed by atoms with Crippen molar-refractivity contribution in [3.8, 4) is 21.8 Å². The first-order valence-corrected chi connectivity index (χ1v) is 10.4. The van der Waals surface area contributed by atoms with Crippen molar-refractivity contribution < 1.29 is 8.91 Å². The van der Waals surface area contributed by atoms with E-state index >= 15 is 0 Å². The van der Waals surface area contributed by atoms with Crippen molar-refractivity contribution in [1.82, 2.24) is 19.7 Å². The molecule has 144 valence electrons. The minimum atomic E-state index is -0.337. The van der Waals surface area contributed by atoms with E-state index in [9.17, 15) is 9.18 Å². The van der Waals surface area contributed by atoms with Crippen LogP contribution in [0.25, 0.3) is 32.0 Å². The van der Waals surface area contributed by atoms with Crippen molar-refractivity contribution in [3.05, 3.63) is 75.0 Å². The van der Waals surface area contributed by atoms with Crippen LogP contribution in [-0.4, -0.2) is 19.7 Å². The molecule has 5 rings (SSSR count). The van der Waals surface area contributed by atoms with E-state index in [-0.39, 0.29) is 23.8 Å².